The van der Waals surface area contributed by atoms with Crippen molar-refractivity contribution in [1.29, 1.82) is 0 Å². The summed E-state index contributed by atoms with van der Waals surface area (Å²) in [7, 11) is 1.83. The number of amides is 1. The van der Waals surface area contributed by atoms with Crippen LogP contribution >= 0.6 is 0 Å². The third-order valence-corrected chi connectivity index (χ3v) is 2.53. The summed E-state index contributed by atoms with van der Waals surface area (Å²) in [4.78, 5) is 11.5. The SMILES string of the molecule is CNCCC(=O)NC(C)c1cc(C)oc1C. The van der Waals surface area contributed by atoms with E-state index in [1.165, 1.54) is 0 Å². The Balaban J connectivity index is 2.55. The molecule has 16 heavy (non-hydrogen) atoms. The van der Waals surface area contributed by atoms with Crippen molar-refractivity contribution in [2.24, 2.45) is 0 Å². The van der Waals surface area contributed by atoms with E-state index in [0.29, 0.717) is 13.0 Å². The predicted molar refractivity (Wildman–Crippen MR) is 63.3 cm³/mol. The quantitative estimate of drug-likeness (QED) is 0.800. The summed E-state index contributed by atoms with van der Waals surface area (Å²) < 4.78 is 5.43. The van der Waals surface area contributed by atoms with Gasteiger partial charge in [0.25, 0.3) is 0 Å². The Hall–Kier alpha value is -1.29. The van der Waals surface area contributed by atoms with E-state index in [2.05, 4.69) is 10.6 Å². The molecule has 0 aliphatic carbocycles. The summed E-state index contributed by atoms with van der Waals surface area (Å²) in [5, 5.41) is 5.89. The molecule has 2 N–H and O–H groups in total. The minimum Gasteiger partial charge on any atom is -0.466 e. The van der Waals surface area contributed by atoms with Gasteiger partial charge >= 0.3 is 0 Å². The number of rotatable bonds is 5. The second-order valence-electron chi connectivity index (χ2n) is 4.01. The van der Waals surface area contributed by atoms with Crippen molar-refractivity contribution in [2.75, 3.05) is 13.6 Å². The molecule has 1 aromatic rings. The zero-order chi connectivity index (χ0) is 12.1. The van der Waals surface area contributed by atoms with Crippen LogP contribution in [-0.4, -0.2) is 19.5 Å². The zero-order valence-corrected chi connectivity index (χ0v) is 10.4. The molecule has 0 saturated heterocycles. The number of aryl methyl sites for hydroxylation is 2. The largest absolute Gasteiger partial charge is 0.466 e. The Morgan fingerprint density at radius 3 is 2.69 bits per heavy atom. The molecule has 90 valence electrons. The second kappa shape index (κ2) is 5.70. The lowest BCUT2D eigenvalue weighted by molar-refractivity contribution is -0.121. The lowest BCUT2D eigenvalue weighted by Gasteiger charge is -2.12. The van der Waals surface area contributed by atoms with Crippen molar-refractivity contribution < 1.29 is 9.21 Å². The van der Waals surface area contributed by atoms with Gasteiger partial charge in [0.2, 0.25) is 5.91 Å². The van der Waals surface area contributed by atoms with Gasteiger partial charge in [-0.15, -0.1) is 0 Å². The van der Waals surface area contributed by atoms with E-state index in [4.69, 9.17) is 4.42 Å². The number of carbonyl (C=O) groups excluding carboxylic acids is 1. The third kappa shape index (κ3) is 3.38. The fourth-order valence-electron chi connectivity index (χ4n) is 1.71. The van der Waals surface area contributed by atoms with Gasteiger partial charge < -0.3 is 15.1 Å². The summed E-state index contributed by atoms with van der Waals surface area (Å²) >= 11 is 0. The minimum absolute atomic E-state index is 0.00167. The average molecular weight is 224 g/mol. The van der Waals surface area contributed by atoms with Gasteiger partial charge in [-0.1, -0.05) is 0 Å². The average Bonchev–Trinajstić information content (AvgIpc) is 2.54. The van der Waals surface area contributed by atoms with Gasteiger partial charge in [0.05, 0.1) is 6.04 Å². The molecule has 0 saturated carbocycles. The molecule has 4 heteroatoms. The molecular weight excluding hydrogens is 204 g/mol. The van der Waals surface area contributed by atoms with E-state index in [0.717, 1.165) is 17.1 Å². The molecule has 0 aromatic carbocycles. The smallest absolute Gasteiger partial charge is 0.221 e. The van der Waals surface area contributed by atoms with E-state index >= 15 is 0 Å². The van der Waals surface area contributed by atoms with E-state index in [1.807, 2.05) is 33.9 Å². The van der Waals surface area contributed by atoms with Crippen molar-refractivity contribution in [2.45, 2.75) is 33.2 Å². The normalized spacial score (nSPS) is 12.5. The van der Waals surface area contributed by atoms with Crippen molar-refractivity contribution in [3.63, 3.8) is 0 Å². The zero-order valence-electron chi connectivity index (χ0n) is 10.4. The lowest BCUT2D eigenvalue weighted by Crippen LogP contribution is -2.29. The molecule has 1 heterocycles. The summed E-state index contributed by atoms with van der Waals surface area (Å²) in [5.41, 5.74) is 1.05. The number of furan rings is 1. The van der Waals surface area contributed by atoms with Gasteiger partial charge in [0.15, 0.2) is 0 Å². The van der Waals surface area contributed by atoms with Crippen LogP contribution in [0.15, 0.2) is 10.5 Å². The molecule has 1 unspecified atom stereocenters. The Kier molecular flexibility index (Phi) is 4.55. The lowest BCUT2D eigenvalue weighted by atomic mass is 10.1. The molecule has 0 radical (unpaired) electrons. The van der Waals surface area contributed by atoms with Crippen molar-refractivity contribution in [3.05, 3.63) is 23.2 Å². The first-order chi connectivity index (χ1) is 7.54. The van der Waals surface area contributed by atoms with Crippen LogP contribution in [0.1, 0.15) is 36.5 Å². The van der Waals surface area contributed by atoms with Gasteiger partial charge in [0.1, 0.15) is 11.5 Å². The minimum atomic E-state index is 0.00167. The molecule has 0 aliphatic rings. The first-order valence-corrected chi connectivity index (χ1v) is 5.55. The molecule has 0 aliphatic heterocycles. The van der Waals surface area contributed by atoms with Crippen LogP contribution in [0, 0.1) is 13.8 Å². The molecule has 0 bridgehead atoms. The highest BCUT2D eigenvalue weighted by atomic mass is 16.3. The van der Waals surface area contributed by atoms with E-state index < -0.39 is 0 Å². The van der Waals surface area contributed by atoms with E-state index in [-0.39, 0.29) is 11.9 Å². The predicted octanol–water partition coefficient (Wildman–Crippen LogP) is 1.68. The Bertz CT molecular complexity index is 358. The van der Waals surface area contributed by atoms with Gasteiger partial charge in [-0.25, -0.2) is 0 Å². The van der Waals surface area contributed by atoms with Crippen molar-refractivity contribution in [1.82, 2.24) is 10.6 Å². The third-order valence-electron chi connectivity index (χ3n) is 2.53. The number of carbonyl (C=O) groups is 1. The summed E-state index contributed by atoms with van der Waals surface area (Å²) in [6, 6.07) is 1.97. The highest BCUT2D eigenvalue weighted by Crippen LogP contribution is 2.20. The Labute approximate surface area is 96.4 Å². The molecule has 1 aromatic heterocycles. The van der Waals surface area contributed by atoms with Gasteiger partial charge in [0, 0.05) is 18.5 Å². The molecular formula is C12H20N2O2. The first-order valence-electron chi connectivity index (χ1n) is 5.55. The fourth-order valence-corrected chi connectivity index (χ4v) is 1.71. The Morgan fingerprint density at radius 2 is 2.19 bits per heavy atom. The summed E-state index contributed by atoms with van der Waals surface area (Å²) in [6.45, 7) is 6.49. The second-order valence-corrected chi connectivity index (χ2v) is 4.01. The van der Waals surface area contributed by atoms with Crippen LogP contribution in [0.5, 0.6) is 0 Å². The van der Waals surface area contributed by atoms with Crippen LogP contribution in [-0.2, 0) is 4.79 Å². The van der Waals surface area contributed by atoms with E-state index in [1.54, 1.807) is 0 Å². The van der Waals surface area contributed by atoms with Gasteiger partial charge in [-0.05, 0) is 33.9 Å². The topological polar surface area (TPSA) is 54.3 Å². The highest BCUT2D eigenvalue weighted by Gasteiger charge is 2.14. The maximum atomic E-state index is 11.5. The van der Waals surface area contributed by atoms with Crippen LogP contribution in [0.4, 0.5) is 0 Å². The van der Waals surface area contributed by atoms with Crippen molar-refractivity contribution >= 4 is 5.91 Å². The molecule has 1 atom stereocenters. The van der Waals surface area contributed by atoms with Crippen LogP contribution in [0.3, 0.4) is 0 Å². The maximum Gasteiger partial charge on any atom is 0.221 e. The van der Waals surface area contributed by atoms with Crippen LogP contribution < -0.4 is 10.6 Å². The molecule has 1 amide bonds. The number of nitrogens with one attached hydrogen (secondary N) is 2. The number of hydrogen-bond acceptors (Lipinski definition) is 3. The monoisotopic (exact) mass is 224 g/mol. The Morgan fingerprint density at radius 1 is 1.50 bits per heavy atom. The van der Waals surface area contributed by atoms with E-state index in [9.17, 15) is 4.79 Å². The van der Waals surface area contributed by atoms with Crippen LogP contribution in [0.25, 0.3) is 0 Å². The van der Waals surface area contributed by atoms with Gasteiger partial charge in [-0.2, -0.15) is 0 Å². The highest BCUT2D eigenvalue weighted by molar-refractivity contribution is 5.76. The molecule has 0 fully saturated rings. The summed E-state index contributed by atoms with van der Waals surface area (Å²) in [6.07, 6.45) is 0.497. The standard InChI is InChI=1S/C12H20N2O2/c1-8-7-11(10(3)16-8)9(2)14-12(15)5-6-13-4/h7,9,13H,5-6H2,1-4H3,(H,14,15). The number of hydrogen-bond donors (Lipinski definition) is 2. The molecule has 0 spiro atoms. The van der Waals surface area contributed by atoms with Crippen LogP contribution in [0.2, 0.25) is 0 Å². The molecule has 1 rings (SSSR count). The maximum absolute atomic E-state index is 11.5. The van der Waals surface area contributed by atoms with Gasteiger partial charge in [-0.3, -0.25) is 4.79 Å². The fraction of sp³-hybridized carbons (Fsp3) is 0.583. The summed E-state index contributed by atoms with van der Waals surface area (Å²) in [5.74, 6) is 1.81. The first kappa shape index (κ1) is 12.8. The molecule has 4 nitrogen and oxygen atoms in total. The van der Waals surface area contributed by atoms with Crippen molar-refractivity contribution in [3.8, 4) is 0 Å².